The topological polar surface area (TPSA) is 21.3 Å². The van der Waals surface area contributed by atoms with Crippen molar-refractivity contribution in [2.75, 3.05) is 26.3 Å². The lowest BCUT2D eigenvalue weighted by atomic mass is 10.0. The quantitative estimate of drug-likeness (QED) is 0.675. The van der Waals surface area contributed by atoms with Crippen LogP contribution >= 0.6 is 0 Å². The molecule has 2 heteroatoms. The largest absolute Gasteiger partial charge is 0.380 e. The second-order valence-corrected chi connectivity index (χ2v) is 6.67. The Morgan fingerprint density at radius 1 is 1.12 bits per heavy atom. The lowest BCUT2D eigenvalue weighted by molar-refractivity contribution is 0.111. The van der Waals surface area contributed by atoms with E-state index >= 15 is 0 Å². The Bertz CT molecular complexity index is 207. The zero-order chi connectivity index (χ0) is 12.4. The van der Waals surface area contributed by atoms with Gasteiger partial charge in [0.2, 0.25) is 0 Å². The molecule has 0 aromatic heterocycles. The second-order valence-electron chi connectivity index (χ2n) is 6.67. The van der Waals surface area contributed by atoms with Gasteiger partial charge in [0, 0.05) is 13.2 Å². The molecule has 1 aliphatic rings. The van der Waals surface area contributed by atoms with Crippen LogP contribution in [0.4, 0.5) is 0 Å². The summed E-state index contributed by atoms with van der Waals surface area (Å²) in [6.45, 7) is 17.7. The van der Waals surface area contributed by atoms with E-state index in [1.807, 2.05) is 0 Å². The van der Waals surface area contributed by atoms with Gasteiger partial charge in [0.25, 0.3) is 0 Å². The zero-order valence-electron chi connectivity index (χ0n) is 11.9. The molecular formula is C14H29NO. The predicted molar refractivity (Wildman–Crippen MR) is 69.6 cm³/mol. The molecule has 0 aliphatic heterocycles. The summed E-state index contributed by atoms with van der Waals surface area (Å²) in [6.07, 6.45) is 0. The summed E-state index contributed by atoms with van der Waals surface area (Å²) in [6, 6.07) is 0. The van der Waals surface area contributed by atoms with Crippen molar-refractivity contribution in [1.82, 2.24) is 5.32 Å². The lowest BCUT2D eigenvalue weighted by Crippen LogP contribution is -2.24. The maximum absolute atomic E-state index is 5.54. The summed E-state index contributed by atoms with van der Waals surface area (Å²) in [5.74, 6) is 1.45. The molecular weight excluding hydrogens is 198 g/mol. The number of rotatable bonds is 7. The molecule has 16 heavy (non-hydrogen) atoms. The Kier molecular flexibility index (Phi) is 4.42. The normalized spacial score (nSPS) is 22.7. The molecule has 0 saturated heterocycles. The van der Waals surface area contributed by atoms with E-state index in [-0.39, 0.29) is 0 Å². The minimum absolute atomic E-state index is 0.499. The van der Waals surface area contributed by atoms with Crippen LogP contribution in [0.25, 0.3) is 0 Å². The van der Waals surface area contributed by atoms with Crippen LogP contribution in [0.1, 0.15) is 41.5 Å². The van der Waals surface area contributed by atoms with Gasteiger partial charge < -0.3 is 10.1 Å². The van der Waals surface area contributed by atoms with E-state index in [2.05, 4.69) is 46.9 Å². The molecule has 0 atom stereocenters. The Morgan fingerprint density at radius 3 is 2.12 bits per heavy atom. The van der Waals surface area contributed by atoms with Gasteiger partial charge in [0.1, 0.15) is 0 Å². The van der Waals surface area contributed by atoms with Gasteiger partial charge in [-0.2, -0.15) is 0 Å². The van der Waals surface area contributed by atoms with Gasteiger partial charge >= 0.3 is 0 Å². The zero-order valence-corrected chi connectivity index (χ0v) is 11.9. The fraction of sp³-hybridized carbons (Fsp3) is 1.00. The van der Waals surface area contributed by atoms with Crippen molar-refractivity contribution in [3.63, 3.8) is 0 Å². The molecule has 0 unspecified atom stereocenters. The summed E-state index contributed by atoms with van der Waals surface area (Å²) in [5.41, 5.74) is 0.998. The second kappa shape index (κ2) is 5.05. The number of hydrogen-bond acceptors (Lipinski definition) is 2. The molecule has 1 rings (SSSR count). The highest BCUT2D eigenvalue weighted by Gasteiger charge is 2.63. The van der Waals surface area contributed by atoms with Gasteiger partial charge in [0.05, 0.1) is 6.61 Å². The fourth-order valence-electron chi connectivity index (χ4n) is 2.55. The van der Waals surface area contributed by atoms with E-state index in [0.29, 0.717) is 16.7 Å². The highest BCUT2D eigenvalue weighted by Crippen LogP contribution is 2.67. The Morgan fingerprint density at radius 2 is 1.69 bits per heavy atom. The Balaban J connectivity index is 2.02. The summed E-state index contributed by atoms with van der Waals surface area (Å²) < 4.78 is 5.54. The van der Waals surface area contributed by atoms with Crippen molar-refractivity contribution >= 4 is 0 Å². The average molecular weight is 227 g/mol. The first kappa shape index (κ1) is 14.0. The molecule has 0 amide bonds. The molecule has 0 aromatic carbocycles. The van der Waals surface area contributed by atoms with Crippen molar-refractivity contribution in [3.05, 3.63) is 0 Å². The van der Waals surface area contributed by atoms with Crippen LogP contribution in [0, 0.1) is 22.7 Å². The number of ether oxygens (including phenoxy) is 1. The summed E-state index contributed by atoms with van der Waals surface area (Å²) in [7, 11) is 0. The van der Waals surface area contributed by atoms with E-state index in [0.717, 1.165) is 32.2 Å². The van der Waals surface area contributed by atoms with Crippen LogP contribution in [-0.2, 0) is 4.74 Å². The highest BCUT2D eigenvalue weighted by molar-refractivity contribution is 5.12. The number of nitrogens with one attached hydrogen (secondary N) is 1. The van der Waals surface area contributed by atoms with Gasteiger partial charge in [0.15, 0.2) is 0 Å². The molecule has 1 fully saturated rings. The van der Waals surface area contributed by atoms with E-state index in [9.17, 15) is 0 Å². The smallest absolute Gasteiger partial charge is 0.0591 e. The van der Waals surface area contributed by atoms with Crippen LogP contribution in [0.2, 0.25) is 0 Å². The van der Waals surface area contributed by atoms with Gasteiger partial charge in [-0.15, -0.1) is 0 Å². The monoisotopic (exact) mass is 227 g/mol. The first-order valence-corrected chi connectivity index (χ1v) is 6.58. The van der Waals surface area contributed by atoms with E-state index in [4.69, 9.17) is 4.74 Å². The summed E-state index contributed by atoms with van der Waals surface area (Å²) in [5, 5.41) is 3.51. The first-order chi connectivity index (χ1) is 7.30. The minimum atomic E-state index is 0.499. The predicted octanol–water partition coefficient (Wildman–Crippen LogP) is 2.93. The molecule has 2 nitrogen and oxygen atoms in total. The van der Waals surface area contributed by atoms with Crippen LogP contribution in [0.5, 0.6) is 0 Å². The average Bonchev–Trinajstić information content (AvgIpc) is 2.52. The summed E-state index contributed by atoms with van der Waals surface area (Å²) >= 11 is 0. The fourth-order valence-corrected chi connectivity index (χ4v) is 2.55. The summed E-state index contributed by atoms with van der Waals surface area (Å²) in [4.78, 5) is 0. The molecule has 96 valence electrons. The van der Waals surface area contributed by atoms with Gasteiger partial charge in [-0.25, -0.2) is 0 Å². The van der Waals surface area contributed by atoms with Crippen molar-refractivity contribution in [2.24, 2.45) is 22.7 Å². The molecule has 1 aliphatic carbocycles. The van der Waals surface area contributed by atoms with Gasteiger partial charge in [-0.1, -0.05) is 41.5 Å². The molecule has 1 saturated carbocycles. The van der Waals surface area contributed by atoms with Crippen LogP contribution in [0.15, 0.2) is 0 Å². The van der Waals surface area contributed by atoms with Gasteiger partial charge in [-0.05, 0) is 29.2 Å². The molecule has 0 aromatic rings. The van der Waals surface area contributed by atoms with E-state index < -0.39 is 0 Å². The third kappa shape index (κ3) is 2.98. The maximum Gasteiger partial charge on any atom is 0.0591 e. The van der Waals surface area contributed by atoms with Crippen molar-refractivity contribution in [2.45, 2.75) is 41.5 Å². The van der Waals surface area contributed by atoms with Crippen molar-refractivity contribution in [3.8, 4) is 0 Å². The molecule has 1 N–H and O–H groups in total. The molecule has 0 radical (unpaired) electrons. The first-order valence-electron chi connectivity index (χ1n) is 6.58. The van der Waals surface area contributed by atoms with Gasteiger partial charge in [-0.3, -0.25) is 0 Å². The van der Waals surface area contributed by atoms with E-state index in [1.54, 1.807) is 0 Å². The molecule has 0 heterocycles. The molecule has 0 spiro atoms. The van der Waals surface area contributed by atoms with Crippen LogP contribution < -0.4 is 5.32 Å². The third-order valence-electron chi connectivity index (χ3n) is 4.54. The SMILES string of the molecule is CC(C)COCCNCC1C(C)(C)C1(C)C. The van der Waals surface area contributed by atoms with Crippen LogP contribution in [-0.4, -0.2) is 26.3 Å². The maximum atomic E-state index is 5.54. The Hall–Kier alpha value is -0.0800. The number of hydrogen-bond donors (Lipinski definition) is 1. The minimum Gasteiger partial charge on any atom is -0.380 e. The van der Waals surface area contributed by atoms with Crippen molar-refractivity contribution in [1.29, 1.82) is 0 Å². The molecule has 0 bridgehead atoms. The Labute approximate surface area is 101 Å². The van der Waals surface area contributed by atoms with Crippen LogP contribution in [0.3, 0.4) is 0 Å². The standard InChI is InChI=1S/C14H29NO/c1-11(2)10-16-8-7-15-9-12-13(3,4)14(12,5)6/h11-12,15H,7-10H2,1-6H3. The third-order valence-corrected chi connectivity index (χ3v) is 4.54. The van der Waals surface area contributed by atoms with E-state index in [1.165, 1.54) is 0 Å². The lowest BCUT2D eigenvalue weighted by Gasteiger charge is -2.08. The highest BCUT2D eigenvalue weighted by atomic mass is 16.5. The van der Waals surface area contributed by atoms with Crippen molar-refractivity contribution < 1.29 is 4.74 Å².